The molecule has 2 atom stereocenters. The summed E-state index contributed by atoms with van der Waals surface area (Å²) in [6, 6.07) is 12.3. The zero-order valence-electron chi connectivity index (χ0n) is 19.6. The standard InChI is InChI=1S/C26H29BrF3N3O3/c27-20-6-2-3-17(12-20)16-7-9-21(10-8-16)33-14-22(23(34)15-33)32-24(35)13-31-25(36)18-4-1-5-19(11-18)26(28,29)30/h1-6,11-12,16,21-23,34H,7-10,13-15H2,(H,31,36)(H,32,35)/t16?,21?,22-,23-/m0/s1. The molecular formula is C26H29BrF3N3O3. The van der Waals surface area contributed by atoms with Crippen LogP contribution < -0.4 is 10.6 Å². The second-order valence-corrected chi connectivity index (χ2v) is 10.4. The van der Waals surface area contributed by atoms with Gasteiger partial charge in [-0.1, -0.05) is 34.1 Å². The number of hydrogen-bond donors (Lipinski definition) is 3. The Morgan fingerprint density at radius 2 is 1.75 bits per heavy atom. The minimum absolute atomic E-state index is 0.178. The summed E-state index contributed by atoms with van der Waals surface area (Å²) >= 11 is 3.53. The van der Waals surface area contributed by atoms with E-state index in [1.165, 1.54) is 11.6 Å². The second kappa shape index (κ2) is 11.3. The topological polar surface area (TPSA) is 81.7 Å². The lowest BCUT2D eigenvalue weighted by Crippen LogP contribution is -2.47. The van der Waals surface area contributed by atoms with E-state index in [1.807, 2.05) is 6.07 Å². The SMILES string of the molecule is O=C(CNC(=O)c1cccc(C(F)(F)F)c1)N[C@H]1CN(C2CCC(c3cccc(Br)c3)CC2)C[C@@H]1O. The van der Waals surface area contributed by atoms with Crippen LogP contribution >= 0.6 is 15.9 Å². The lowest BCUT2D eigenvalue weighted by Gasteiger charge is -2.34. The van der Waals surface area contributed by atoms with E-state index < -0.39 is 42.2 Å². The number of carbonyl (C=O) groups is 2. The molecule has 10 heteroatoms. The molecule has 36 heavy (non-hydrogen) atoms. The van der Waals surface area contributed by atoms with Crippen molar-refractivity contribution in [3.8, 4) is 0 Å². The molecule has 2 fully saturated rings. The molecule has 0 aromatic heterocycles. The highest BCUT2D eigenvalue weighted by atomic mass is 79.9. The van der Waals surface area contributed by atoms with Crippen molar-refractivity contribution in [1.29, 1.82) is 0 Å². The Bertz CT molecular complexity index is 1090. The van der Waals surface area contributed by atoms with Gasteiger partial charge in [0.25, 0.3) is 5.91 Å². The summed E-state index contributed by atoms with van der Waals surface area (Å²) in [5.74, 6) is -0.756. The summed E-state index contributed by atoms with van der Waals surface area (Å²) in [5, 5.41) is 15.6. The first-order valence-corrected chi connectivity index (χ1v) is 12.8. The largest absolute Gasteiger partial charge is 0.416 e. The van der Waals surface area contributed by atoms with Crippen molar-refractivity contribution in [2.45, 2.75) is 56.0 Å². The van der Waals surface area contributed by atoms with Crippen LogP contribution in [0.5, 0.6) is 0 Å². The highest BCUT2D eigenvalue weighted by molar-refractivity contribution is 9.10. The number of likely N-dealkylation sites (tertiary alicyclic amines) is 1. The molecule has 0 bridgehead atoms. The van der Waals surface area contributed by atoms with E-state index in [4.69, 9.17) is 0 Å². The molecule has 3 N–H and O–H groups in total. The molecule has 2 amide bonds. The average molecular weight is 568 g/mol. The van der Waals surface area contributed by atoms with E-state index in [-0.39, 0.29) is 5.56 Å². The number of nitrogens with one attached hydrogen (secondary N) is 2. The summed E-state index contributed by atoms with van der Waals surface area (Å²) in [4.78, 5) is 26.8. The van der Waals surface area contributed by atoms with E-state index in [9.17, 15) is 27.9 Å². The predicted octanol–water partition coefficient (Wildman–Crippen LogP) is 4.09. The van der Waals surface area contributed by atoms with Crippen molar-refractivity contribution in [2.75, 3.05) is 19.6 Å². The zero-order chi connectivity index (χ0) is 25.9. The van der Waals surface area contributed by atoms with Gasteiger partial charge in [0.05, 0.1) is 24.3 Å². The molecule has 2 aliphatic rings. The summed E-state index contributed by atoms with van der Waals surface area (Å²) in [6.45, 7) is 0.588. The second-order valence-electron chi connectivity index (χ2n) is 9.52. The molecule has 2 aromatic rings. The molecule has 4 rings (SSSR count). The van der Waals surface area contributed by atoms with Crippen molar-refractivity contribution in [2.24, 2.45) is 0 Å². The summed E-state index contributed by atoms with van der Waals surface area (Å²) in [5.41, 5.74) is 0.226. The molecule has 1 aliphatic heterocycles. The van der Waals surface area contributed by atoms with Gasteiger partial charge in [-0.05, 0) is 67.5 Å². The van der Waals surface area contributed by atoms with E-state index >= 15 is 0 Å². The van der Waals surface area contributed by atoms with Crippen molar-refractivity contribution in [1.82, 2.24) is 15.5 Å². The van der Waals surface area contributed by atoms with Crippen LogP contribution in [0.25, 0.3) is 0 Å². The number of carbonyl (C=O) groups excluding carboxylic acids is 2. The van der Waals surface area contributed by atoms with Crippen LogP contribution in [0.3, 0.4) is 0 Å². The van der Waals surface area contributed by atoms with Gasteiger partial charge in [0.15, 0.2) is 0 Å². The van der Waals surface area contributed by atoms with Crippen LogP contribution in [0.15, 0.2) is 53.0 Å². The molecule has 6 nitrogen and oxygen atoms in total. The molecule has 0 unspecified atom stereocenters. The first-order valence-electron chi connectivity index (χ1n) is 12.0. The number of halogens is 4. The van der Waals surface area contributed by atoms with Crippen LogP contribution in [-0.2, 0) is 11.0 Å². The number of alkyl halides is 3. The Hall–Kier alpha value is -2.43. The summed E-state index contributed by atoms with van der Waals surface area (Å²) in [7, 11) is 0. The third kappa shape index (κ3) is 6.66. The predicted molar refractivity (Wildman–Crippen MR) is 132 cm³/mol. The third-order valence-corrected chi connectivity index (χ3v) is 7.55. The maximum Gasteiger partial charge on any atom is 0.416 e. The molecule has 1 saturated heterocycles. The normalized spacial score (nSPS) is 24.9. The smallest absolute Gasteiger partial charge is 0.390 e. The first-order chi connectivity index (χ1) is 17.1. The van der Waals surface area contributed by atoms with E-state index in [2.05, 4.69) is 49.7 Å². The van der Waals surface area contributed by atoms with Gasteiger partial charge in [-0.15, -0.1) is 0 Å². The fourth-order valence-electron chi connectivity index (χ4n) is 5.15. The monoisotopic (exact) mass is 567 g/mol. The summed E-state index contributed by atoms with van der Waals surface area (Å²) < 4.78 is 39.7. The molecule has 1 aliphatic carbocycles. The Morgan fingerprint density at radius 3 is 2.44 bits per heavy atom. The van der Waals surface area contributed by atoms with Crippen LogP contribution in [0.1, 0.15) is 53.1 Å². The molecular weight excluding hydrogens is 539 g/mol. The van der Waals surface area contributed by atoms with Gasteiger partial charge in [0, 0.05) is 29.2 Å². The van der Waals surface area contributed by atoms with Gasteiger partial charge in [-0.3, -0.25) is 14.5 Å². The average Bonchev–Trinajstić information content (AvgIpc) is 3.22. The Balaban J connectivity index is 1.23. The third-order valence-electron chi connectivity index (χ3n) is 7.06. The van der Waals surface area contributed by atoms with Gasteiger partial charge in [0.1, 0.15) is 0 Å². The maximum absolute atomic E-state index is 12.9. The fourth-order valence-corrected chi connectivity index (χ4v) is 5.57. The van der Waals surface area contributed by atoms with Crippen LogP contribution in [-0.4, -0.2) is 59.6 Å². The van der Waals surface area contributed by atoms with Crippen LogP contribution in [0, 0.1) is 0 Å². The molecule has 194 valence electrons. The number of rotatable bonds is 6. The highest BCUT2D eigenvalue weighted by Gasteiger charge is 2.37. The lowest BCUT2D eigenvalue weighted by atomic mass is 9.81. The number of β-amino-alcohol motifs (C(OH)–C–C–N with tert-alkyl or cyclic N) is 1. The van der Waals surface area contributed by atoms with Gasteiger partial charge < -0.3 is 15.7 Å². The fraction of sp³-hybridized carbons (Fsp3) is 0.462. The molecule has 2 aromatic carbocycles. The number of aliphatic hydroxyl groups excluding tert-OH is 1. The van der Waals surface area contributed by atoms with E-state index in [0.717, 1.165) is 48.4 Å². The number of hydrogen-bond acceptors (Lipinski definition) is 4. The Morgan fingerprint density at radius 1 is 1.03 bits per heavy atom. The van der Waals surface area contributed by atoms with Gasteiger partial charge >= 0.3 is 6.18 Å². The van der Waals surface area contributed by atoms with Gasteiger partial charge in [-0.25, -0.2) is 0 Å². The summed E-state index contributed by atoms with van der Waals surface area (Å²) in [6.07, 6.45) is -1.14. The molecule has 1 saturated carbocycles. The van der Waals surface area contributed by atoms with E-state index in [1.54, 1.807) is 0 Å². The number of benzene rings is 2. The van der Waals surface area contributed by atoms with Gasteiger partial charge in [0.2, 0.25) is 5.91 Å². The maximum atomic E-state index is 12.9. The number of nitrogens with zero attached hydrogens (tertiary/aromatic N) is 1. The molecule has 0 radical (unpaired) electrons. The van der Waals surface area contributed by atoms with Crippen LogP contribution in [0.4, 0.5) is 13.2 Å². The first kappa shape index (κ1) is 26.6. The number of amides is 2. The Kier molecular flexibility index (Phi) is 8.37. The zero-order valence-corrected chi connectivity index (χ0v) is 21.2. The number of aliphatic hydroxyl groups is 1. The highest BCUT2D eigenvalue weighted by Crippen LogP contribution is 2.36. The quantitative estimate of drug-likeness (QED) is 0.491. The minimum atomic E-state index is -4.56. The molecule has 0 spiro atoms. The molecule has 1 heterocycles. The lowest BCUT2D eigenvalue weighted by molar-refractivity contribution is -0.137. The van der Waals surface area contributed by atoms with Crippen LogP contribution in [0.2, 0.25) is 0 Å². The van der Waals surface area contributed by atoms with E-state index in [0.29, 0.717) is 25.0 Å². The van der Waals surface area contributed by atoms with Crippen molar-refractivity contribution in [3.05, 3.63) is 69.7 Å². The minimum Gasteiger partial charge on any atom is -0.390 e. The van der Waals surface area contributed by atoms with Crippen molar-refractivity contribution < 1.29 is 27.9 Å². The van der Waals surface area contributed by atoms with Gasteiger partial charge in [-0.2, -0.15) is 13.2 Å². The Labute approximate surface area is 216 Å². The van der Waals surface area contributed by atoms with Crippen molar-refractivity contribution in [3.63, 3.8) is 0 Å². The van der Waals surface area contributed by atoms with Crippen molar-refractivity contribution >= 4 is 27.7 Å².